The Labute approximate surface area is 111 Å². The lowest BCUT2D eigenvalue weighted by Gasteiger charge is -2.09. The molecule has 0 radical (unpaired) electrons. The monoisotopic (exact) mass is 253 g/mol. The summed E-state index contributed by atoms with van der Waals surface area (Å²) in [5.74, 6) is 0. The molecule has 0 amide bonds. The second-order valence-electron chi connectivity index (χ2n) is 4.27. The predicted octanol–water partition coefficient (Wildman–Crippen LogP) is 1.92. The van der Waals surface area contributed by atoms with Crippen LogP contribution in [-0.4, -0.2) is 26.5 Å². The molecule has 0 spiro atoms. The van der Waals surface area contributed by atoms with Crippen molar-refractivity contribution in [1.29, 1.82) is 0 Å². The van der Waals surface area contributed by atoms with Crippen molar-refractivity contribution in [2.75, 3.05) is 6.54 Å². The number of nitrogens with zero attached hydrogens (tertiary/aromatic N) is 4. The fourth-order valence-corrected chi connectivity index (χ4v) is 2.06. The Morgan fingerprint density at radius 1 is 1.21 bits per heavy atom. The van der Waals surface area contributed by atoms with E-state index in [9.17, 15) is 0 Å². The zero-order valence-corrected chi connectivity index (χ0v) is 10.7. The van der Waals surface area contributed by atoms with Crippen LogP contribution in [0.4, 0.5) is 0 Å². The number of benzene rings is 1. The van der Waals surface area contributed by atoms with E-state index in [2.05, 4.69) is 27.5 Å². The standard InChI is InChI=1S/C14H15N5/c1-2-15-9-11-7-8-16-10-14(11)19-13-6-4-3-5-12(13)17-18-19/h3-8,10,15H,2,9H2,1H3. The number of aromatic nitrogens is 4. The summed E-state index contributed by atoms with van der Waals surface area (Å²) >= 11 is 0. The predicted molar refractivity (Wildman–Crippen MR) is 74.0 cm³/mol. The van der Waals surface area contributed by atoms with Crippen molar-refractivity contribution in [2.24, 2.45) is 0 Å². The van der Waals surface area contributed by atoms with E-state index in [4.69, 9.17) is 0 Å². The van der Waals surface area contributed by atoms with Crippen molar-refractivity contribution in [3.8, 4) is 5.69 Å². The van der Waals surface area contributed by atoms with Crippen molar-refractivity contribution in [3.63, 3.8) is 0 Å². The summed E-state index contributed by atoms with van der Waals surface area (Å²) in [7, 11) is 0. The average molecular weight is 253 g/mol. The Balaban J connectivity index is 2.11. The molecule has 1 aromatic carbocycles. The Bertz CT molecular complexity index is 689. The highest BCUT2D eigenvalue weighted by Gasteiger charge is 2.09. The van der Waals surface area contributed by atoms with Gasteiger partial charge >= 0.3 is 0 Å². The van der Waals surface area contributed by atoms with Gasteiger partial charge in [-0.25, -0.2) is 4.68 Å². The fraction of sp³-hybridized carbons (Fsp3) is 0.214. The molecule has 0 aliphatic heterocycles. The van der Waals surface area contributed by atoms with Crippen LogP contribution in [0.5, 0.6) is 0 Å². The molecule has 0 aliphatic rings. The highest BCUT2D eigenvalue weighted by Crippen LogP contribution is 2.18. The van der Waals surface area contributed by atoms with Gasteiger partial charge < -0.3 is 5.32 Å². The van der Waals surface area contributed by atoms with Gasteiger partial charge in [0.25, 0.3) is 0 Å². The van der Waals surface area contributed by atoms with Gasteiger partial charge in [0.2, 0.25) is 0 Å². The first-order valence-corrected chi connectivity index (χ1v) is 6.34. The van der Waals surface area contributed by atoms with E-state index in [0.29, 0.717) is 0 Å². The molecule has 0 unspecified atom stereocenters. The maximum absolute atomic E-state index is 4.23. The zero-order chi connectivity index (χ0) is 13.1. The Kier molecular flexibility index (Phi) is 3.20. The summed E-state index contributed by atoms with van der Waals surface area (Å²) in [5.41, 5.74) is 4.01. The van der Waals surface area contributed by atoms with Crippen LogP contribution >= 0.6 is 0 Å². The molecule has 0 atom stereocenters. The number of hydrogen-bond donors (Lipinski definition) is 1. The summed E-state index contributed by atoms with van der Waals surface area (Å²) in [4.78, 5) is 4.20. The first-order chi connectivity index (χ1) is 9.40. The van der Waals surface area contributed by atoms with Gasteiger partial charge in [-0.1, -0.05) is 24.3 Å². The summed E-state index contributed by atoms with van der Waals surface area (Å²) in [6, 6.07) is 9.93. The lowest BCUT2D eigenvalue weighted by Crippen LogP contribution is -2.14. The molecule has 2 heterocycles. The molecule has 0 aliphatic carbocycles. The number of nitrogens with one attached hydrogen (secondary N) is 1. The minimum Gasteiger partial charge on any atom is -0.313 e. The van der Waals surface area contributed by atoms with Gasteiger partial charge in [0.15, 0.2) is 0 Å². The average Bonchev–Trinajstić information content (AvgIpc) is 2.89. The molecule has 19 heavy (non-hydrogen) atoms. The van der Waals surface area contributed by atoms with Crippen LogP contribution in [0.3, 0.4) is 0 Å². The van der Waals surface area contributed by atoms with Gasteiger partial charge in [-0.05, 0) is 30.3 Å². The third-order valence-electron chi connectivity index (χ3n) is 3.03. The quantitative estimate of drug-likeness (QED) is 0.772. The Morgan fingerprint density at radius 2 is 2.11 bits per heavy atom. The third-order valence-corrected chi connectivity index (χ3v) is 3.03. The van der Waals surface area contributed by atoms with Crippen LogP contribution in [0, 0.1) is 0 Å². The van der Waals surface area contributed by atoms with Crippen molar-refractivity contribution in [3.05, 3.63) is 48.3 Å². The molecule has 2 aromatic heterocycles. The molecule has 0 fully saturated rings. The molecular formula is C14H15N5. The van der Waals surface area contributed by atoms with Crippen molar-refractivity contribution in [2.45, 2.75) is 13.5 Å². The maximum Gasteiger partial charge on any atom is 0.113 e. The van der Waals surface area contributed by atoms with Crippen molar-refractivity contribution >= 4 is 11.0 Å². The van der Waals surface area contributed by atoms with Crippen LogP contribution < -0.4 is 5.32 Å². The normalized spacial score (nSPS) is 11.0. The summed E-state index contributed by atoms with van der Waals surface area (Å²) in [5, 5.41) is 11.7. The van der Waals surface area contributed by atoms with E-state index in [1.165, 1.54) is 0 Å². The van der Waals surface area contributed by atoms with Crippen LogP contribution in [0.1, 0.15) is 12.5 Å². The molecule has 5 heteroatoms. The van der Waals surface area contributed by atoms with E-state index in [-0.39, 0.29) is 0 Å². The number of para-hydroxylation sites is 1. The van der Waals surface area contributed by atoms with Crippen LogP contribution in [0.2, 0.25) is 0 Å². The van der Waals surface area contributed by atoms with Gasteiger partial charge in [0, 0.05) is 12.7 Å². The number of fused-ring (bicyclic) bond motifs is 1. The number of pyridine rings is 1. The van der Waals surface area contributed by atoms with Crippen molar-refractivity contribution in [1.82, 2.24) is 25.3 Å². The maximum atomic E-state index is 4.23. The molecule has 3 rings (SSSR count). The largest absolute Gasteiger partial charge is 0.313 e. The van der Waals surface area contributed by atoms with Gasteiger partial charge in [0.05, 0.1) is 17.4 Å². The molecule has 96 valence electrons. The minimum atomic E-state index is 0.794. The molecular weight excluding hydrogens is 238 g/mol. The topological polar surface area (TPSA) is 55.6 Å². The lowest BCUT2D eigenvalue weighted by atomic mass is 10.2. The second kappa shape index (κ2) is 5.16. The molecule has 0 saturated heterocycles. The van der Waals surface area contributed by atoms with Gasteiger partial charge in [-0.2, -0.15) is 0 Å². The van der Waals surface area contributed by atoms with Crippen molar-refractivity contribution < 1.29 is 0 Å². The molecule has 3 aromatic rings. The van der Waals surface area contributed by atoms with E-state index in [1.807, 2.05) is 41.2 Å². The van der Waals surface area contributed by atoms with E-state index >= 15 is 0 Å². The number of hydrogen-bond acceptors (Lipinski definition) is 4. The number of rotatable bonds is 4. The summed E-state index contributed by atoms with van der Waals surface area (Å²) in [6.07, 6.45) is 3.63. The first-order valence-electron chi connectivity index (χ1n) is 6.34. The SMILES string of the molecule is CCNCc1ccncc1-n1nnc2ccccc21. The van der Waals surface area contributed by atoms with Crippen LogP contribution in [0.15, 0.2) is 42.7 Å². The zero-order valence-electron chi connectivity index (χ0n) is 10.7. The van der Waals surface area contributed by atoms with E-state index < -0.39 is 0 Å². The molecule has 5 nitrogen and oxygen atoms in total. The second-order valence-corrected chi connectivity index (χ2v) is 4.27. The fourth-order valence-electron chi connectivity index (χ4n) is 2.06. The molecule has 1 N–H and O–H groups in total. The molecule has 0 bridgehead atoms. The Morgan fingerprint density at radius 3 is 3.00 bits per heavy atom. The van der Waals surface area contributed by atoms with Gasteiger partial charge in [-0.15, -0.1) is 5.10 Å². The van der Waals surface area contributed by atoms with E-state index in [1.54, 1.807) is 6.20 Å². The third kappa shape index (κ3) is 2.20. The van der Waals surface area contributed by atoms with Gasteiger partial charge in [-0.3, -0.25) is 4.98 Å². The van der Waals surface area contributed by atoms with Gasteiger partial charge in [0.1, 0.15) is 5.52 Å². The van der Waals surface area contributed by atoms with Crippen LogP contribution in [-0.2, 0) is 6.54 Å². The Hall–Kier alpha value is -2.27. The minimum absolute atomic E-state index is 0.794. The summed E-state index contributed by atoms with van der Waals surface area (Å²) < 4.78 is 1.84. The highest BCUT2D eigenvalue weighted by atomic mass is 15.4. The molecule has 0 saturated carbocycles. The summed E-state index contributed by atoms with van der Waals surface area (Å²) in [6.45, 7) is 3.81. The van der Waals surface area contributed by atoms with Crippen LogP contribution in [0.25, 0.3) is 16.7 Å². The smallest absolute Gasteiger partial charge is 0.113 e. The lowest BCUT2D eigenvalue weighted by molar-refractivity contribution is 0.712. The first kappa shape index (κ1) is 11.8. The highest BCUT2D eigenvalue weighted by molar-refractivity contribution is 5.76. The van der Waals surface area contributed by atoms with E-state index in [0.717, 1.165) is 35.4 Å².